The second kappa shape index (κ2) is 5.17. The number of aromatic nitrogens is 2. The number of nitrogens with two attached hydrogens (primary N) is 1. The summed E-state index contributed by atoms with van der Waals surface area (Å²) < 4.78 is 30.3. The topological polar surface area (TPSA) is 110 Å². The first-order valence-electron chi connectivity index (χ1n) is 4.85. The summed E-state index contributed by atoms with van der Waals surface area (Å²) in [5.41, 5.74) is 6.55. The minimum absolute atomic E-state index is 0.119. The first kappa shape index (κ1) is 12.8. The summed E-state index contributed by atoms with van der Waals surface area (Å²) in [5.74, 6) is 0.0145. The second-order valence-corrected chi connectivity index (χ2v) is 5.07. The molecule has 1 aromatic rings. The number of hydrogen-bond donors (Lipinski definition) is 3. The number of anilines is 2. The summed E-state index contributed by atoms with van der Waals surface area (Å²) in [5, 5.41) is 6.34. The molecule has 8 heteroatoms. The number of hydrogen-bond acceptors (Lipinski definition) is 5. The maximum atomic E-state index is 11.5. The van der Waals surface area contributed by atoms with Crippen molar-refractivity contribution < 1.29 is 13.2 Å². The average Bonchev–Trinajstić information content (AvgIpc) is 2.49. The Morgan fingerprint density at radius 3 is 2.75 bits per heavy atom. The third-order valence-corrected chi connectivity index (χ3v) is 3.16. The summed E-state index contributed by atoms with van der Waals surface area (Å²) in [6, 6.07) is 0. The molecule has 0 unspecified atom stereocenters. The van der Waals surface area contributed by atoms with E-state index in [1.54, 1.807) is 13.8 Å². The van der Waals surface area contributed by atoms with Gasteiger partial charge in [0.1, 0.15) is 0 Å². The standard InChI is InChI=1S/C8H16N4O3S/c1-3-15-4-5-16(13,14)12-8-7(9)6(2)10-11-8/h3-5,9H2,1-2H3,(H2,10,11,12). The molecule has 0 aliphatic heterocycles. The van der Waals surface area contributed by atoms with Crippen LogP contribution in [0.3, 0.4) is 0 Å². The van der Waals surface area contributed by atoms with Crippen molar-refractivity contribution in [1.82, 2.24) is 10.2 Å². The van der Waals surface area contributed by atoms with E-state index < -0.39 is 10.0 Å². The van der Waals surface area contributed by atoms with Gasteiger partial charge >= 0.3 is 0 Å². The smallest absolute Gasteiger partial charge is 0.236 e. The van der Waals surface area contributed by atoms with Crippen LogP contribution >= 0.6 is 0 Å². The third-order valence-electron chi connectivity index (χ3n) is 1.95. The van der Waals surface area contributed by atoms with Crippen LogP contribution in [0.1, 0.15) is 12.6 Å². The monoisotopic (exact) mass is 248 g/mol. The summed E-state index contributed by atoms with van der Waals surface area (Å²) in [4.78, 5) is 0. The summed E-state index contributed by atoms with van der Waals surface area (Å²) in [7, 11) is -3.45. The number of rotatable bonds is 6. The van der Waals surface area contributed by atoms with Gasteiger partial charge in [-0.15, -0.1) is 0 Å². The van der Waals surface area contributed by atoms with Gasteiger partial charge in [-0.05, 0) is 13.8 Å². The molecule has 1 aromatic heterocycles. The van der Waals surface area contributed by atoms with E-state index in [9.17, 15) is 8.42 Å². The van der Waals surface area contributed by atoms with E-state index in [4.69, 9.17) is 10.5 Å². The second-order valence-electron chi connectivity index (χ2n) is 3.23. The summed E-state index contributed by atoms with van der Waals surface area (Å²) >= 11 is 0. The molecule has 0 saturated heterocycles. The van der Waals surface area contributed by atoms with Crippen LogP contribution in [0.2, 0.25) is 0 Å². The molecule has 0 amide bonds. The van der Waals surface area contributed by atoms with Gasteiger partial charge in [0.2, 0.25) is 10.0 Å². The van der Waals surface area contributed by atoms with Crippen LogP contribution in [0.15, 0.2) is 0 Å². The van der Waals surface area contributed by atoms with Crippen molar-refractivity contribution in [3.8, 4) is 0 Å². The van der Waals surface area contributed by atoms with Crippen molar-refractivity contribution >= 4 is 21.5 Å². The largest absolute Gasteiger partial charge is 0.394 e. The molecule has 0 aliphatic carbocycles. The molecule has 4 N–H and O–H groups in total. The molecule has 1 rings (SSSR count). The van der Waals surface area contributed by atoms with Crippen molar-refractivity contribution in [3.63, 3.8) is 0 Å². The van der Waals surface area contributed by atoms with Gasteiger partial charge < -0.3 is 10.5 Å². The molecule has 0 aliphatic rings. The molecule has 0 bridgehead atoms. The third kappa shape index (κ3) is 3.38. The number of sulfonamides is 1. The van der Waals surface area contributed by atoms with Gasteiger partial charge in [0.15, 0.2) is 5.82 Å². The molecule has 0 radical (unpaired) electrons. The maximum absolute atomic E-state index is 11.5. The zero-order valence-electron chi connectivity index (χ0n) is 9.28. The Morgan fingerprint density at radius 1 is 1.56 bits per heavy atom. The molecule has 0 spiro atoms. The normalized spacial score (nSPS) is 11.6. The van der Waals surface area contributed by atoms with Crippen LogP contribution in [0.25, 0.3) is 0 Å². The molecule has 92 valence electrons. The molecule has 0 aromatic carbocycles. The number of nitrogen functional groups attached to an aromatic ring is 1. The van der Waals surface area contributed by atoms with E-state index in [0.717, 1.165) is 0 Å². The lowest BCUT2D eigenvalue weighted by Gasteiger charge is -2.05. The number of H-pyrrole nitrogens is 1. The van der Waals surface area contributed by atoms with Gasteiger partial charge in [-0.3, -0.25) is 9.82 Å². The van der Waals surface area contributed by atoms with E-state index in [-0.39, 0.29) is 18.2 Å². The van der Waals surface area contributed by atoms with Gasteiger partial charge in [-0.2, -0.15) is 5.10 Å². The molecule has 1 heterocycles. The van der Waals surface area contributed by atoms with Crippen LogP contribution in [0.4, 0.5) is 11.5 Å². The molecular formula is C8H16N4O3S. The Kier molecular flexibility index (Phi) is 4.13. The highest BCUT2D eigenvalue weighted by Gasteiger charge is 2.15. The average molecular weight is 248 g/mol. The van der Waals surface area contributed by atoms with Crippen molar-refractivity contribution in [2.24, 2.45) is 0 Å². The molecule has 0 saturated carbocycles. The van der Waals surface area contributed by atoms with E-state index in [0.29, 0.717) is 18.0 Å². The van der Waals surface area contributed by atoms with Crippen molar-refractivity contribution in [2.45, 2.75) is 13.8 Å². The fourth-order valence-corrected chi connectivity index (χ4v) is 1.92. The highest BCUT2D eigenvalue weighted by Crippen LogP contribution is 2.18. The summed E-state index contributed by atoms with van der Waals surface area (Å²) in [6.07, 6.45) is 0. The van der Waals surface area contributed by atoms with Gasteiger partial charge in [0, 0.05) is 6.61 Å². The minimum Gasteiger partial charge on any atom is -0.394 e. The number of ether oxygens (including phenoxy) is 1. The number of aromatic amines is 1. The SMILES string of the molecule is CCOCCS(=O)(=O)Nc1n[nH]c(C)c1N. The molecular weight excluding hydrogens is 232 g/mol. The summed E-state index contributed by atoms with van der Waals surface area (Å²) in [6.45, 7) is 4.14. The highest BCUT2D eigenvalue weighted by atomic mass is 32.2. The Hall–Kier alpha value is -1.28. The molecule has 16 heavy (non-hydrogen) atoms. The van der Waals surface area contributed by atoms with Crippen LogP contribution < -0.4 is 10.5 Å². The fourth-order valence-electron chi connectivity index (χ4n) is 1.03. The van der Waals surface area contributed by atoms with Crippen LogP contribution in [-0.4, -0.2) is 37.6 Å². The minimum atomic E-state index is -3.45. The Morgan fingerprint density at radius 2 is 2.25 bits per heavy atom. The van der Waals surface area contributed by atoms with Crippen molar-refractivity contribution in [3.05, 3.63) is 5.69 Å². The lowest BCUT2D eigenvalue weighted by molar-refractivity contribution is 0.163. The lowest BCUT2D eigenvalue weighted by Crippen LogP contribution is -2.21. The van der Waals surface area contributed by atoms with E-state index >= 15 is 0 Å². The van der Waals surface area contributed by atoms with Gasteiger partial charge in [-0.25, -0.2) is 8.42 Å². The zero-order valence-corrected chi connectivity index (χ0v) is 10.1. The van der Waals surface area contributed by atoms with Crippen LogP contribution in [-0.2, 0) is 14.8 Å². The predicted molar refractivity (Wildman–Crippen MR) is 61.6 cm³/mol. The number of nitrogens with zero attached hydrogens (tertiary/aromatic N) is 1. The van der Waals surface area contributed by atoms with Gasteiger partial charge in [0.05, 0.1) is 23.7 Å². The lowest BCUT2D eigenvalue weighted by atomic mass is 10.4. The van der Waals surface area contributed by atoms with E-state index in [2.05, 4.69) is 14.9 Å². The first-order chi connectivity index (χ1) is 7.46. The van der Waals surface area contributed by atoms with Crippen LogP contribution in [0, 0.1) is 6.92 Å². The van der Waals surface area contributed by atoms with Crippen molar-refractivity contribution in [1.29, 1.82) is 0 Å². The maximum Gasteiger partial charge on any atom is 0.236 e. The van der Waals surface area contributed by atoms with E-state index in [1.807, 2.05) is 0 Å². The van der Waals surface area contributed by atoms with Crippen LogP contribution in [0.5, 0.6) is 0 Å². The number of aryl methyl sites for hydroxylation is 1. The fraction of sp³-hybridized carbons (Fsp3) is 0.625. The van der Waals surface area contributed by atoms with Crippen molar-refractivity contribution in [2.75, 3.05) is 29.4 Å². The molecule has 0 atom stereocenters. The zero-order chi connectivity index (χ0) is 12.2. The Balaban J connectivity index is 2.62. The van der Waals surface area contributed by atoms with Gasteiger partial charge in [0.25, 0.3) is 0 Å². The Bertz CT molecular complexity index is 440. The Labute approximate surface area is 94.4 Å². The first-order valence-corrected chi connectivity index (χ1v) is 6.50. The van der Waals surface area contributed by atoms with E-state index in [1.165, 1.54) is 0 Å². The molecule has 7 nitrogen and oxygen atoms in total. The highest BCUT2D eigenvalue weighted by molar-refractivity contribution is 7.92. The number of nitrogens with one attached hydrogen (secondary N) is 2. The molecule has 0 fully saturated rings. The predicted octanol–water partition coefficient (Wildman–Crippen LogP) is 0.0785. The van der Waals surface area contributed by atoms with Gasteiger partial charge in [-0.1, -0.05) is 0 Å². The quantitative estimate of drug-likeness (QED) is 0.617.